The molecular weight excluding hydrogens is 349 g/mol. The standard InChI is InChI=1S/C20H22FN3O3/c1-23(2)16-8-6-13(11-15(16)21)20(26)22-14-7-9-17(18(12-14)27-3)24-10-4-5-19(24)25/h6-9,11-12H,4-5,10H2,1-3H3,(H,22,26). The third-order valence-corrected chi connectivity index (χ3v) is 4.49. The van der Waals surface area contributed by atoms with Crippen molar-refractivity contribution in [3.05, 3.63) is 47.8 Å². The van der Waals surface area contributed by atoms with E-state index in [1.807, 2.05) is 0 Å². The smallest absolute Gasteiger partial charge is 0.255 e. The zero-order valence-corrected chi connectivity index (χ0v) is 15.6. The molecule has 2 amide bonds. The van der Waals surface area contributed by atoms with Crippen molar-refractivity contribution in [3.63, 3.8) is 0 Å². The Labute approximate surface area is 157 Å². The average molecular weight is 371 g/mol. The summed E-state index contributed by atoms with van der Waals surface area (Å²) in [6.07, 6.45) is 1.34. The maximum atomic E-state index is 14.1. The summed E-state index contributed by atoms with van der Waals surface area (Å²) in [7, 11) is 4.98. The zero-order valence-electron chi connectivity index (χ0n) is 15.6. The van der Waals surface area contributed by atoms with E-state index < -0.39 is 11.7 Å². The lowest BCUT2D eigenvalue weighted by Gasteiger charge is -2.20. The molecule has 0 spiro atoms. The van der Waals surface area contributed by atoms with Crippen molar-refractivity contribution in [2.75, 3.05) is 42.9 Å². The van der Waals surface area contributed by atoms with E-state index in [1.54, 1.807) is 54.2 Å². The van der Waals surface area contributed by atoms with Gasteiger partial charge < -0.3 is 19.9 Å². The molecule has 6 nitrogen and oxygen atoms in total. The number of carbonyl (C=O) groups excluding carboxylic acids is 2. The van der Waals surface area contributed by atoms with Crippen LogP contribution in [-0.4, -0.2) is 39.6 Å². The molecule has 0 bridgehead atoms. The Morgan fingerprint density at radius 1 is 1.22 bits per heavy atom. The van der Waals surface area contributed by atoms with Gasteiger partial charge in [0.1, 0.15) is 11.6 Å². The SMILES string of the molecule is COc1cc(NC(=O)c2ccc(N(C)C)c(F)c2)ccc1N1CCCC1=O. The predicted octanol–water partition coefficient (Wildman–Crippen LogP) is 3.28. The van der Waals surface area contributed by atoms with Crippen LogP contribution in [0.15, 0.2) is 36.4 Å². The van der Waals surface area contributed by atoms with E-state index in [1.165, 1.54) is 13.2 Å². The van der Waals surface area contributed by atoms with Crippen LogP contribution >= 0.6 is 0 Å². The summed E-state index contributed by atoms with van der Waals surface area (Å²) in [5.74, 6) is -0.335. The first-order valence-corrected chi connectivity index (χ1v) is 8.67. The molecule has 0 aromatic heterocycles. The molecule has 1 fully saturated rings. The molecule has 1 N–H and O–H groups in total. The first-order chi connectivity index (χ1) is 12.9. The van der Waals surface area contributed by atoms with Gasteiger partial charge in [-0.25, -0.2) is 4.39 Å². The Balaban J connectivity index is 1.80. The normalized spacial score (nSPS) is 13.6. The number of halogens is 1. The number of anilines is 3. The molecule has 142 valence electrons. The second-order valence-electron chi connectivity index (χ2n) is 6.55. The van der Waals surface area contributed by atoms with Crippen molar-refractivity contribution in [1.29, 1.82) is 0 Å². The number of hydrogen-bond donors (Lipinski definition) is 1. The van der Waals surface area contributed by atoms with Crippen LogP contribution in [0.3, 0.4) is 0 Å². The summed E-state index contributed by atoms with van der Waals surface area (Å²) in [5, 5.41) is 2.74. The highest BCUT2D eigenvalue weighted by Gasteiger charge is 2.24. The lowest BCUT2D eigenvalue weighted by atomic mass is 10.1. The van der Waals surface area contributed by atoms with Crippen molar-refractivity contribution < 1.29 is 18.7 Å². The lowest BCUT2D eigenvalue weighted by Crippen LogP contribution is -2.24. The Morgan fingerprint density at radius 3 is 2.59 bits per heavy atom. The highest BCUT2D eigenvalue weighted by molar-refractivity contribution is 6.05. The molecule has 0 unspecified atom stereocenters. The van der Waals surface area contributed by atoms with E-state index >= 15 is 0 Å². The highest BCUT2D eigenvalue weighted by atomic mass is 19.1. The van der Waals surface area contributed by atoms with Gasteiger partial charge in [0.2, 0.25) is 5.91 Å². The fourth-order valence-corrected chi connectivity index (χ4v) is 3.10. The minimum atomic E-state index is -0.465. The van der Waals surface area contributed by atoms with E-state index in [0.29, 0.717) is 35.8 Å². The summed E-state index contributed by atoms with van der Waals surface area (Å²) in [6, 6.07) is 9.44. The molecule has 7 heteroatoms. The monoisotopic (exact) mass is 371 g/mol. The van der Waals surface area contributed by atoms with Gasteiger partial charge in [0.25, 0.3) is 5.91 Å². The van der Waals surface area contributed by atoms with Gasteiger partial charge in [-0.3, -0.25) is 9.59 Å². The minimum Gasteiger partial charge on any atom is -0.494 e. The maximum Gasteiger partial charge on any atom is 0.255 e. The van der Waals surface area contributed by atoms with Crippen LogP contribution in [-0.2, 0) is 4.79 Å². The van der Waals surface area contributed by atoms with Crippen LogP contribution < -0.4 is 19.9 Å². The van der Waals surface area contributed by atoms with E-state index in [9.17, 15) is 14.0 Å². The van der Waals surface area contributed by atoms with Crippen molar-refractivity contribution in [2.45, 2.75) is 12.8 Å². The number of amides is 2. The fraction of sp³-hybridized carbons (Fsp3) is 0.300. The number of methoxy groups -OCH3 is 1. The molecule has 1 heterocycles. The molecule has 27 heavy (non-hydrogen) atoms. The van der Waals surface area contributed by atoms with Crippen LogP contribution in [0.4, 0.5) is 21.5 Å². The topological polar surface area (TPSA) is 61.9 Å². The minimum absolute atomic E-state index is 0.0570. The van der Waals surface area contributed by atoms with Crippen molar-refractivity contribution in [2.24, 2.45) is 0 Å². The number of ether oxygens (including phenoxy) is 1. The average Bonchev–Trinajstić information content (AvgIpc) is 3.06. The van der Waals surface area contributed by atoms with Crippen LogP contribution in [0, 0.1) is 5.82 Å². The molecular formula is C20H22FN3O3. The number of benzene rings is 2. The first kappa shape index (κ1) is 18.7. The largest absolute Gasteiger partial charge is 0.494 e. The van der Waals surface area contributed by atoms with Crippen molar-refractivity contribution in [3.8, 4) is 5.75 Å². The van der Waals surface area contributed by atoms with Crippen LogP contribution in [0.25, 0.3) is 0 Å². The molecule has 0 aliphatic carbocycles. The third kappa shape index (κ3) is 3.86. The van der Waals surface area contributed by atoms with Gasteiger partial charge in [-0.2, -0.15) is 0 Å². The van der Waals surface area contributed by atoms with E-state index in [0.717, 1.165) is 6.42 Å². The van der Waals surface area contributed by atoms with Gasteiger partial charge in [-0.05, 0) is 36.8 Å². The number of rotatable bonds is 5. The van der Waals surface area contributed by atoms with E-state index in [-0.39, 0.29) is 11.5 Å². The van der Waals surface area contributed by atoms with Gasteiger partial charge in [-0.15, -0.1) is 0 Å². The molecule has 2 aromatic carbocycles. The molecule has 1 aliphatic rings. The number of hydrogen-bond acceptors (Lipinski definition) is 4. The number of carbonyl (C=O) groups is 2. The van der Waals surface area contributed by atoms with Crippen LogP contribution in [0.1, 0.15) is 23.2 Å². The quantitative estimate of drug-likeness (QED) is 0.876. The summed E-state index contributed by atoms with van der Waals surface area (Å²) in [4.78, 5) is 27.7. The van der Waals surface area contributed by atoms with Gasteiger partial charge in [-0.1, -0.05) is 0 Å². The van der Waals surface area contributed by atoms with Crippen LogP contribution in [0.2, 0.25) is 0 Å². The molecule has 1 aliphatic heterocycles. The number of nitrogens with zero attached hydrogens (tertiary/aromatic N) is 2. The van der Waals surface area contributed by atoms with Gasteiger partial charge in [0, 0.05) is 44.4 Å². The summed E-state index contributed by atoms with van der Waals surface area (Å²) >= 11 is 0. The molecule has 1 saturated heterocycles. The Morgan fingerprint density at radius 2 is 2.00 bits per heavy atom. The molecule has 0 radical (unpaired) electrons. The molecule has 3 rings (SSSR count). The predicted molar refractivity (Wildman–Crippen MR) is 103 cm³/mol. The van der Waals surface area contributed by atoms with Gasteiger partial charge >= 0.3 is 0 Å². The summed E-state index contributed by atoms with van der Waals surface area (Å²) in [5.41, 5.74) is 1.81. The Hall–Kier alpha value is -3.09. The zero-order chi connectivity index (χ0) is 19.6. The third-order valence-electron chi connectivity index (χ3n) is 4.49. The van der Waals surface area contributed by atoms with Crippen molar-refractivity contribution >= 4 is 28.9 Å². The molecule has 2 aromatic rings. The highest BCUT2D eigenvalue weighted by Crippen LogP contribution is 2.34. The first-order valence-electron chi connectivity index (χ1n) is 8.67. The fourth-order valence-electron chi connectivity index (χ4n) is 3.10. The lowest BCUT2D eigenvalue weighted by molar-refractivity contribution is -0.117. The van der Waals surface area contributed by atoms with E-state index in [2.05, 4.69) is 5.32 Å². The van der Waals surface area contributed by atoms with Crippen molar-refractivity contribution in [1.82, 2.24) is 0 Å². The van der Waals surface area contributed by atoms with Gasteiger partial charge in [0.05, 0.1) is 18.5 Å². The van der Waals surface area contributed by atoms with Gasteiger partial charge in [0.15, 0.2) is 0 Å². The maximum absolute atomic E-state index is 14.1. The Bertz CT molecular complexity index is 883. The van der Waals surface area contributed by atoms with E-state index in [4.69, 9.17) is 4.74 Å². The second kappa shape index (κ2) is 7.65. The number of nitrogens with one attached hydrogen (secondary N) is 1. The molecule has 0 atom stereocenters. The van der Waals surface area contributed by atoms with Crippen LogP contribution in [0.5, 0.6) is 5.75 Å². The summed E-state index contributed by atoms with van der Waals surface area (Å²) in [6.45, 7) is 0.651. The Kier molecular flexibility index (Phi) is 5.30. The molecule has 0 saturated carbocycles. The summed E-state index contributed by atoms with van der Waals surface area (Å²) < 4.78 is 19.5. The second-order valence-corrected chi connectivity index (χ2v) is 6.55.